The van der Waals surface area contributed by atoms with Crippen LogP contribution in [-0.2, 0) is 9.59 Å². The molecule has 0 unspecified atom stereocenters. The highest BCUT2D eigenvalue weighted by Crippen LogP contribution is 2.34. The molecule has 2 heterocycles. The number of carbonyl (C=O) groups excluding carboxylic acids is 3. The largest absolute Gasteiger partial charge is 0.386 e. The number of amides is 3. The second-order valence-corrected chi connectivity index (χ2v) is 9.78. The molecule has 0 saturated carbocycles. The smallest absolute Gasteiger partial charge is 0.256 e. The summed E-state index contributed by atoms with van der Waals surface area (Å²) in [7, 11) is 1.82. The summed E-state index contributed by atoms with van der Waals surface area (Å²) in [6, 6.07) is 9.99. The number of hydrogen-bond acceptors (Lipinski definition) is 4. The van der Waals surface area contributed by atoms with Crippen molar-refractivity contribution in [2.45, 2.75) is 46.5 Å². The Hall–Kier alpha value is -4.40. The van der Waals surface area contributed by atoms with E-state index in [4.69, 9.17) is 0 Å². The highest BCUT2D eigenvalue weighted by molar-refractivity contribution is 6.34. The Morgan fingerprint density at radius 3 is 2.56 bits per heavy atom. The van der Waals surface area contributed by atoms with E-state index in [2.05, 4.69) is 26.3 Å². The molecular weight excluding hydrogens is 497 g/mol. The fourth-order valence-corrected chi connectivity index (χ4v) is 4.77. The normalized spacial score (nSPS) is 13.3. The highest BCUT2D eigenvalue weighted by atomic mass is 19.1. The van der Waals surface area contributed by atoms with Crippen LogP contribution >= 0.6 is 0 Å². The number of nitrogens with one attached hydrogen (secondary N) is 5. The van der Waals surface area contributed by atoms with E-state index >= 15 is 0 Å². The molecule has 1 aromatic heterocycles. The van der Waals surface area contributed by atoms with Crippen molar-refractivity contribution in [2.24, 2.45) is 0 Å². The second kappa shape index (κ2) is 12.0. The third-order valence-electron chi connectivity index (χ3n) is 6.84. The van der Waals surface area contributed by atoms with Gasteiger partial charge in [0.15, 0.2) is 0 Å². The van der Waals surface area contributed by atoms with Crippen LogP contribution in [0.3, 0.4) is 0 Å². The fraction of sp³-hybridized carbons (Fsp3) is 0.300. The van der Waals surface area contributed by atoms with E-state index in [1.165, 1.54) is 18.2 Å². The quantitative estimate of drug-likeness (QED) is 0.174. The number of halogens is 1. The van der Waals surface area contributed by atoms with Crippen molar-refractivity contribution in [2.75, 3.05) is 29.5 Å². The summed E-state index contributed by atoms with van der Waals surface area (Å²) in [5.41, 5.74) is 6.69. The molecule has 5 N–H and O–H groups in total. The molecule has 0 spiro atoms. The van der Waals surface area contributed by atoms with Gasteiger partial charge in [-0.1, -0.05) is 12.5 Å². The van der Waals surface area contributed by atoms with Crippen LogP contribution < -0.4 is 21.3 Å². The van der Waals surface area contributed by atoms with Crippen molar-refractivity contribution in [3.05, 3.63) is 75.9 Å². The number of aromatic amines is 1. The number of carbonyl (C=O) groups is 3. The maximum absolute atomic E-state index is 13.8. The maximum atomic E-state index is 13.8. The average Bonchev–Trinajstić information content (AvgIpc) is 3.36. The van der Waals surface area contributed by atoms with Gasteiger partial charge in [0.1, 0.15) is 5.82 Å². The molecule has 0 saturated heterocycles. The molecule has 9 heteroatoms. The summed E-state index contributed by atoms with van der Waals surface area (Å²) in [6.45, 7) is 6.10. The van der Waals surface area contributed by atoms with E-state index in [1.54, 1.807) is 13.0 Å². The van der Waals surface area contributed by atoms with Crippen LogP contribution in [0.5, 0.6) is 0 Å². The zero-order chi connectivity index (χ0) is 28.1. The van der Waals surface area contributed by atoms with Gasteiger partial charge < -0.3 is 26.3 Å². The minimum atomic E-state index is -0.426. The number of rotatable bonds is 10. The van der Waals surface area contributed by atoms with Gasteiger partial charge in [0.25, 0.3) is 11.8 Å². The lowest BCUT2D eigenvalue weighted by Gasteiger charge is -2.11. The Kier molecular flexibility index (Phi) is 8.49. The average molecular weight is 532 g/mol. The van der Waals surface area contributed by atoms with Gasteiger partial charge in [-0.15, -0.1) is 0 Å². The molecule has 0 radical (unpaired) electrons. The number of unbranched alkanes of at least 4 members (excludes halogenated alkanes) is 2. The first-order valence-corrected chi connectivity index (χ1v) is 13.1. The van der Waals surface area contributed by atoms with Gasteiger partial charge in [0.2, 0.25) is 5.91 Å². The zero-order valence-electron chi connectivity index (χ0n) is 22.7. The van der Waals surface area contributed by atoms with Gasteiger partial charge in [-0.2, -0.15) is 0 Å². The number of fused-ring (bicyclic) bond motifs is 1. The molecule has 0 atom stereocenters. The topological polar surface area (TPSA) is 115 Å². The fourth-order valence-electron chi connectivity index (χ4n) is 4.77. The van der Waals surface area contributed by atoms with Crippen LogP contribution in [0.4, 0.5) is 21.5 Å². The number of H-pyrrole nitrogens is 1. The predicted molar refractivity (Wildman–Crippen MR) is 153 cm³/mol. The van der Waals surface area contributed by atoms with Gasteiger partial charge >= 0.3 is 0 Å². The number of aryl methyl sites for hydroxylation is 2. The summed E-state index contributed by atoms with van der Waals surface area (Å²) < 4.78 is 13.8. The van der Waals surface area contributed by atoms with Crippen molar-refractivity contribution in [1.82, 2.24) is 10.3 Å². The zero-order valence-corrected chi connectivity index (χ0v) is 22.7. The molecule has 0 fully saturated rings. The third-order valence-corrected chi connectivity index (χ3v) is 6.84. The molecule has 3 aromatic rings. The number of anilines is 3. The Morgan fingerprint density at radius 2 is 1.79 bits per heavy atom. The molecule has 2 aromatic carbocycles. The summed E-state index contributed by atoms with van der Waals surface area (Å²) in [5.74, 6) is -0.987. The van der Waals surface area contributed by atoms with E-state index in [0.717, 1.165) is 29.8 Å². The van der Waals surface area contributed by atoms with Crippen LogP contribution in [0.15, 0.2) is 36.4 Å². The first-order chi connectivity index (χ1) is 18.7. The first kappa shape index (κ1) is 27.6. The van der Waals surface area contributed by atoms with E-state index in [-0.39, 0.29) is 17.7 Å². The molecule has 3 amide bonds. The van der Waals surface area contributed by atoms with Gasteiger partial charge in [-0.25, -0.2) is 4.39 Å². The Balaban J connectivity index is 1.27. The minimum Gasteiger partial charge on any atom is -0.386 e. The molecule has 1 aliphatic rings. The lowest BCUT2D eigenvalue weighted by molar-refractivity contribution is -0.116. The molecule has 4 rings (SSSR count). The van der Waals surface area contributed by atoms with Crippen molar-refractivity contribution in [3.8, 4) is 0 Å². The van der Waals surface area contributed by atoms with E-state index in [9.17, 15) is 18.8 Å². The van der Waals surface area contributed by atoms with Crippen LogP contribution in [0, 0.1) is 26.6 Å². The molecule has 8 nitrogen and oxygen atoms in total. The summed E-state index contributed by atoms with van der Waals surface area (Å²) in [6.07, 6.45) is 4.31. The molecular formula is C30H34FN5O3. The Bertz CT molecular complexity index is 1460. The number of benzene rings is 2. The molecule has 1 aliphatic heterocycles. The monoisotopic (exact) mass is 531 g/mol. The lowest BCUT2D eigenvalue weighted by atomic mass is 10.0. The highest BCUT2D eigenvalue weighted by Gasteiger charge is 2.26. The van der Waals surface area contributed by atoms with Crippen LogP contribution in [0.2, 0.25) is 0 Å². The number of hydrogen-bond donors (Lipinski definition) is 5. The Labute approximate surface area is 227 Å². The Morgan fingerprint density at radius 1 is 1.00 bits per heavy atom. The van der Waals surface area contributed by atoms with Crippen molar-refractivity contribution >= 4 is 46.4 Å². The maximum Gasteiger partial charge on any atom is 0.256 e. The van der Waals surface area contributed by atoms with E-state index in [1.807, 2.05) is 39.1 Å². The standard InChI is InChI=1S/C30H34FN5O3/c1-17-9-11-24(26(14-17)32-4)35-27(37)8-6-5-7-13-33-30(39)28-18(2)25(34-19(28)3)16-22-21-15-20(31)10-12-23(21)36-29(22)38/h9-12,14-16,32,34H,5-8,13H2,1-4H3,(H,33,39)(H,35,37)(H,36,38)/b22-16-. The van der Waals surface area contributed by atoms with Crippen LogP contribution in [0.25, 0.3) is 11.6 Å². The van der Waals surface area contributed by atoms with Crippen molar-refractivity contribution < 1.29 is 18.8 Å². The molecule has 0 bridgehead atoms. The van der Waals surface area contributed by atoms with Crippen LogP contribution in [0.1, 0.15) is 64.1 Å². The van der Waals surface area contributed by atoms with Crippen LogP contribution in [-0.4, -0.2) is 36.3 Å². The summed E-state index contributed by atoms with van der Waals surface area (Å²) >= 11 is 0. The molecule has 39 heavy (non-hydrogen) atoms. The number of aromatic nitrogens is 1. The molecule has 204 valence electrons. The minimum absolute atomic E-state index is 0.0408. The molecule has 0 aliphatic carbocycles. The van der Waals surface area contributed by atoms with Gasteiger partial charge in [-0.3, -0.25) is 14.4 Å². The second-order valence-electron chi connectivity index (χ2n) is 9.78. The van der Waals surface area contributed by atoms with Gasteiger partial charge in [-0.05, 0) is 81.1 Å². The SMILES string of the molecule is CNc1cc(C)ccc1NC(=O)CCCCCNC(=O)c1c(C)[nH]c(/C=C2\C(=O)Nc3ccc(F)cc32)c1C. The van der Waals surface area contributed by atoms with E-state index < -0.39 is 5.82 Å². The summed E-state index contributed by atoms with van der Waals surface area (Å²) in [5, 5.41) is 11.7. The lowest BCUT2D eigenvalue weighted by Crippen LogP contribution is -2.25. The first-order valence-electron chi connectivity index (χ1n) is 13.1. The third kappa shape index (κ3) is 6.37. The van der Waals surface area contributed by atoms with Crippen molar-refractivity contribution in [1.29, 1.82) is 0 Å². The van der Waals surface area contributed by atoms with Crippen molar-refractivity contribution in [3.63, 3.8) is 0 Å². The predicted octanol–water partition coefficient (Wildman–Crippen LogP) is 5.54. The van der Waals surface area contributed by atoms with Gasteiger partial charge in [0, 0.05) is 42.7 Å². The van der Waals surface area contributed by atoms with Gasteiger partial charge in [0.05, 0.1) is 22.5 Å². The van der Waals surface area contributed by atoms with E-state index in [0.29, 0.717) is 58.7 Å². The summed E-state index contributed by atoms with van der Waals surface area (Å²) in [4.78, 5) is 40.9.